The average molecular weight is 200 g/mol. The van der Waals surface area contributed by atoms with E-state index < -0.39 is 0 Å². The van der Waals surface area contributed by atoms with Crippen molar-refractivity contribution in [2.75, 3.05) is 6.54 Å². The van der Waals surface area contributed by atoms with Gasteiger partial charge in [-0.05, 0) is 18.8 Å². The van der Waals surface area contributed by atoms with E-state index in [-0.39, 0.29) is 0 Å². The molecule has 14 heavy (non-hydrogen) atoms. The zero-order valence-corrected chi connectivity index (χ0v) is 10.4. The van der Waals surface area contributed by atoms with Crippen LogP contribution in [0.1, 0.15) is 59.8 Å². The molecule has 0 aromatic heterocycles. The Morgan fingerprint density at radius 2 is 1.57 bits per heavy atom. The Balaban J connectivity index is 3.48. The predicted octanol–water partition coefficient (Wildman–Crippen LogP) is 3.10. The third-order valence-corrected chi connectivity index (χ3v) is 2.98. The van der Waals surface area contributed by atoms with Gasteiger partial charge in [-0.25, -0.2) is 0 Å². The minimum Gasteiger partial charge on any atom is -0.257 e. The molecule has 0 fully saturated rings. The maximum Gasteiger partial charge on any atom is 0.0210 e. The Bertz CT molecular complexity index is 111. The molecule has 0 aliphatic heterocycles. The van der Waals surface area contributed by atoms with Gasteiger partial charge in [-0.3, -0.25) is 10.9 Å². The van der Waals surface area contributed by atoms with Crippen molar-refractivity contribution < 1.29 is 0 Å². The number of hydrazine groups is 1. The van der Waals surface area contributed by atoms with Crippen LogP contribution in [0.5, 0.6) is 0 Å². The Labute approximate surface area is 89.8 Å². The second-order valence-electron chi connectivity index (χ2n) is 4.10. The third kappa shape index (κ3) is 6.39. The minimum absolute atomic E-state index is 0.648. The molecule has 0 rings (SSSR count). The van der Waals surface area contributed by atoms with Crippen molar-refractivity contribution in [2.24, 2.45) is 5.92 Å². The normalized spacial score (nSPS) is 13.5. The summed E-state index contributed by atoms with van der Waals surface area (Å²) in [5.74, 6) is 0.821. The van der Waals surface area contributed by atoms with E-state index in [1.807, 2.05) is 0 Å². The summed E-state index contributed by atoms with van der Waals surface area (Å²) < 4.78 is 0. The van der Waals surface area contributed by atoms with Gasteiger partial charge >= 0.3 is 0 Å². The predicted molar refractivity (Wildman–Crippen MR) is 64.2 cm³/mol. The average Bonchev–Trinajstić information content (AvgIpc) is 2.23. The Hall–Kier alpha value is -0.0800. The van der Waals surface area contributed by atoms with Crippen LogP contribution in [0.2, 0.25) is 0 Å². The highest BCUT2D eigenvalue weighted by Gasteiger charge is 2.05. The lowest BCUT2D eigenvalue weighted by Gasteiger charge is -2.19. The van der Waals surface area contributed by atoms with Crippen LogP contribution in [0.3, 0.4) is 0 Å². The van der Waals surface area contributed by atoms with Gasteiger partial charge in [-0.15, -0.1) is 0 Å². The first-order valence-corrected chi connectivity index (χ1v) is 6.26. The molecule has 2 N–H and O–H groups in total. The second kappa shape index (κ2) is 9.47. The summed E-state index contributed by atoms with van der Waals surface area (Å²) in [7, 11) is 0. The molecule has 1 atom stereocenters. The van der Waals surface area contributed by atoms with Crippen LogP contribution in [-0.2, 0) is 0 Å². The van der Waals surface area contributed by atoms with Crippen molar-refractivity contribution in [3.05, 3.63) is 0 Å². The molecule has 0 aromatic carbocycles. The Morgan fingerprint density at radius 3 is 2.00 bits per heavy atom. The highest BCUT2D eigenvalue weighted by Crippen LogP contribution is 2.05. The fourth-order valence-electron chi connectivity index (χ4n) is 1.65. The van der Waals surface area contributed by atoms with Gasteiger partial charge in [0.2, 0.25) is 0 Å². The summed E-state index contributed by atoms with van der Waals surface area (Å²) in [5.41, 5.74) is 6.79. The summed E-state index contributed by atoms with van der Waals surface area (Å²) in [5, 5.41) is 0. The van der Waals surface area contributed by atoms with Gasteiger partial charge in [0.25, 0.3) is 0 Å². The molecule has 0 aliphatic rings. The van der Waals surface area contributed by atoms with Crippen molar-refractivity contribution in [3.63, 3.8) is 0 Å². The van der Waals surface area contributed by atoms with E-state index in [1.165, 1.54) is 32.1 Å². The van der Waals surface area contributed by atoms with Gasteiger partial charge in [-0.2, -0.15) is 0 Å². The first-order valence-electron chi connectivity index (χ1n) is 6.26. The lowest BCUT2D eigenvalue weighted by molar-refractivity contribution is 0.351. The molecule has 0 aliphatic carbocycles. The quantitative estimate of drug-likeness (QED) is 0.559. The van der Waals surface area contributed by atoms with Crippen molar-refractivity contribution >= 4 is 0 Å². The van der Waals surface area contributed by atoms with Crippen LogP contribution in [0.15, 0.2) is 0 Å². The van der Waals surface area contributed by atoms with Gasteiger partial charge < -0.3 is 0 Å². The number of hydrogen-bond donors (Lipinski definition) is 2. The molecule has 2 heteroatoms. The maximum atomic E-state index is 3.42. The van der Waals surface area contributed by atoms with E-state index in [1.54, 1.807) is 0 Å². The molecule has 0 saturated heterocycles. The van der Waals surface area contributed by atoms with Gasteiger partial charge in [-0.1, -0.05) is 47.0 Å². The first-order chi connectivity index (χ1) is 6.78. The topological polar surface area (TPSA) is 24.1 Å². The van der Waals surface area contributed by atoms with Crippen molar-refractivity contribution in [3.8, 4) is 0 Å². The van der Waals surface area contributed by atoms with E-state index in [0.29, 0.717) is 6.04 Å². The van der Waals surface area contributed by atoms with E-state index >= 15 is 0 Å². The van der Waals surface area contributed by atoms with E-state index in [2.05, 4.69) is 38.5 Å². The lowest BCUT2D eigenvalue weighted by Crippen LogP contribution is -2.42. The molecule has 0 amide bonds. The monoisotopic (exact) mass is 200 g/mol. The lowest BCUT2D eigenvalue weighted by atomic mass is 10.0. The smallest absolute Gasteiger partial charge is 0.0210 e. The molecule has 1 unspecified atom stereocenters. The zero-order chi connectivity index (χ0) is 10.8. The zero-order valence-electron chi connectivity index (χ0n) is 10.4. The first kappa shape index (κ1) is 13.9. The Morgan fingerprint density at radius 1 is 0.929 bits per heavy atom. The summed E-state index contributed by atoms with van der Waals surface area (Å²) >= 11 is 0. The van der Waals surface area contributed by atoms with Crippen LogP contribution >= 0.6 is 0 Å². The van der Waals surface area contributed by atoms with Crippen molar-refractivity contribution in [1.29, 1.82) is 0 Å². The molecule has 2 nitrogen and oxygen atoms in total. The molecule has 0 saturated carbocycles. The van der Waals surface area contributed by atoms with Gasteiger partial charge in [0, 0.05) is 12.6 Å². The van der Waals surface area contributed by atoms with E-state index in [0.717, 1.165) is 12.5 Å². The van der Waals surface area contributed by atoms with Crippen molar-refractivity contribution in [2.45, 2.75) is 65.8 Å². The van der Waals surface area contributed by atoms with Crippen LogP contribution in [0.4, 0.5) is 0 Å². The fraction of sp³-hybridized carbons (Fsp3) is 1.00. The molecule has 0 heterocycles. The summed E-state index contributed by atoms with van der Waals surface area (Å²) in [6, 6.07) is 0.648. The van der Waals surface area contributed by atoms with E-state index in [4.69, 9.17) is 0 Å². The second-order valence-corrected chi connectivity index (χ2v) is 4.10. The fourth-order valence-corrected chi connectivity index (χ4v) is 1.65. The molecule has 86 valence electrons. The number of hydrogen-bond acceptors (Lipinski definition) is 2. The SMILES string of the molecule is CCCC(CC)NNCC(CC)CC. The summed E-state index contributed by atoms with van der Waals surface area (Å²) in [6.45, 7) is 10.1. The number of rotatable bonds is 9. The third-order valence-electron chi connectivity index (χ3n) is 2.98. The standard InChI is InChI=1S/C12H28N2/c1-5-9-12(8-4)14-13-10-11(6-2)7-3/h11-14H,5-10H2,1-4H3. The van der Waals surface area contributed by atoms with Crippen LogP contribution in [0, 0.1) is 5.92 Å². The van der Waals surface area contributed by atoms with Crippen LogP contribution in [0.25, 0.3) is 0 Å². The number of nitrogens with one attached hydrogen (secondary N) is 2. The molecular formula is C12H28N2. The van der Waals surface area contributed by atoms with Gasteiger partial charge in [0.1, 0.15) is 0 Å². The molecule has 0 radical (unpaired) electrons. The summed E-state index contributed by atoms with van der Waals surface area (Å²) in [4.78, 5) is 0. The van der Waals surface area contributed by atoms with Crippen LogP contribution < -0.4 is 10.9 Å². The molecular weight excluding hydrogens is 172 g/mol. The molecule has 0 aromatic rings. The van der Waals surface area contributed by atoms with Crippen LogP contribution in [-0.4, -0.2) is 12.6 Å². The maximum absolute atomic E-state index is 3.42. The molecule has 0 bridgehead atoms. The van der Waals surface area contributed by atoms with Gasteiger partial charge in [0.05, 0.1) is 0 Å². The van der Waals surface area contributed by atoms with E-state index in [9.17, 15) is 0 Å². The highest BCUT2D eigenvalue weighted by atomic mass is 15.4. The minimum atomic E-state index is 0.648. The molecule has 0 spiro atoms. The van der Waals surface area contributed by atoms with Crippen molar-refractivity contribution in [1.82, 2.24) is 10.9 Å². The van der Waals surface area contributed by atoms with Gasteiger partial charge in [0.15, 0.2) is 0 Å². The largest absolute Gasteiger partial charge is 0.257 e. The Kier molecular flexibility index (Phi) is 9.42. The highest BCUT2D eigenvalue weighted by molar-refractivity contribution is 4.63. The summed E-state index contributed by atoms with van der Waals surface area (Å²) in [6.07, 6.45) is 6.29.